The van der Waals surface area contributed by atoms with Crippen LogP contribution in [0.5, 0.6) is 0 Å². The molecule has 0 rings (SSSR count). The quantitative estimate of drug-likeness (QED) is 0.353. The van der Waals surface area contributed by atoms with Crippen LogP contribution in [0.4, 0.5) is 0 Å². The summed E-state index contributed by atoms with van der Waals surface area (Å²) in [4.78, 5) is 0. The molecule has 0 saturated heterocycles. The van der Waals surface area contributed by atoms with Gasteiger partial charge in [-0.25, -0.2) is 0 Å². The van der Waals surface area contributed by atoms with Crippen LogP contribution in [0.3, 0.4) is 0 Å². The number of thiol groups is 1. The number of rotatable bonds is 2. The topological polar surface area (TPSA) is 0 Å². The Bertz CT molecular complexity index is 19.2. The van der Waals surface area contributed by atoms with Gasteiger partial charge >= 0.3 is 51.4 Å². The molecule has 6 heavy (non-hydrogen) atoms. The molecule has 34 valence electrons. The van der Waals surface area contributed by atoms with Crippen molar-refractivity contribution in [1.82, 2.24) is 0 Å². The van der Waals surface area contributed by atoms with E-state index in [0.717, 1.165) is 5.75 Å². The van der Waals surface area contributed by atoms with Gasteiger partial charge in [0.15, 0.2) is 0 Å². The van der Waals surface area contributed by atoms with E-state index in [4.69, 9.17) is 0 Å². The minimum Gasteiger partial charge on any atom is -1.00 e. The van der Waals surface area contributed by atoms with Crippen LogP contribution in [0, 0.1) is 0 Å². The third kappa shape index (κ3) is 9.37. The number of hydrogen-bond acceptors (Lipinski definition) is 1. The van der Waals surface area contributed by atoms with Gasteiger partial charge in [-0.05, 0) is 12.2 Å². The van der Waals surface area contributed by atoms with Crippen LogP contribution in [-0.2, 0) is 0 Å². The van der Waals surface area contributed by atoms with Crippen LogP contribution in [0.25, 0.3) is 0 Å². The van der Waals surface area contributed by atoms with E-state index in [1.165, 1.54) is 12.8 Å². The fourth-order valence-electron chi connectivity index (χ4n) is 0.158. The van der Waals surface area contributed by atoms with Crippen molar-refractivity contribution in [3.05, 3.63) is 0 Å². The first-order valence-electron chi connectivity index (χ1n) is 2.02. The zero-order valence-corrected chi connectivity index (χ0v) is 8.59. The molecule has 0 atom stereocenters. The van der Waals surface area contributed by atoms with Gasteiger partial charge in [-0.1, -0.05) is 13.3 Å². The molecule has 0 unspecified atom stereocenters. The normalized spacial score (nSPS) is 7.00. The summed E-state index contributed by atoms with van der Waals surface area (Å²) >= 11 is 4.00. The fraction of sp³-hybridized carbons (Fsp3) is 1.00. The van der Waals surface area contributed by atoms with Crippen molar-refractivity contribution in [2.45, 2.75) is 19.8 Å². The molecule has 0 fully saturated rings. The van der Waals surface area contributed by atoms with Gasteiger partial charge in [0, 0.05) is 0 Å². The van der Waals surface area contributed by atoms with Crippen LogP contribution in [0.2, 0.25) is 0 Å². The molecule has 0 bridgehead atoms. The minimum atomic E-state index is 0. The van der Waals surface area contributed by atoms with Crippen LogP contribution in [0.1, 0.15) is 21.2 Å². The average Bonchev–Trinajstić information content (AvgIpc) is 1.41. The average molecular weight is 130 g/mol. The third-order valence-electron chi connectivity index (χ3n) is 0.512. The van der Waals surface area contributed by atoms with E-state index in [9.17, 15) is 0 Å². The SMILES string of the molecule is CCCCS.[H-].[K+]. The van der Waals surface area contributed by atoms with Crippen LogP contribution in [-0.4, -0.2) is 5.75 Å². The maximum Gasteiger partial charge on any atom is 1.00 e. The summed E-state index contributed by atoms with van der Waals surface area (Å²) in [6, 6.07) is 0. The summed E-state index contributed by atoms with van der Waals surface area (Å²) in [5.41, 5.74) is 0. The van der Waals surface area contributed by atoms with Crippen LogP contribution < -0.4 is 51.4 Å². The van der Waals surface area contributed by atoms with Gasteiger partial charge in [0.05, 0.1) is 0 Å². The zero-order valence-electron chi connectivity index (χ0n) is 5.57. The van der Waals surface area contributed by atoms with Crippen LogP contribution >= 0.6 is 12.6 Å². The van der Waals surface area contributed by atoms with E-state index in [-0.39, 0.29) is 52.8 Å². The monoisotopic (exact) mass is 130 g/mol. The molecule has 0 aliphatic rings. The fourth-order valence-corrected chi connectivity index (χ4v) is 0.474. The number of hydrogen-bond donors (Lipinski definition) is 1. The molecule has 0 radical (unpaired) electrons. The summed E-state index contributed by atoms with van der Waals surface area (Å²) in [6.45, 7) is 2.16. The second-order valence-corrected chi connectivity index (χ2v) is 1.52. The largest absolute Gasteiger partial charge is 1.00 e. The number of unbranched alkanes of at least 4 members (excludes halogenated alkanes) is 1. The van der Waals surface area contributed by atoms with Crippen LogP contribution in [0.15, 0.2) is 0 Å². The summed E-state index contributed by atoms with van der Waals surface area (Å²) in [6.07, 6.45) is 2.52. The van der Waals surface area contributed by atoms with Gasteiger partial charge in [0.25, 0.3) is 0 Å². The molecule has 0 spiro atoms. The molecule has 0 amide bonds. The molecular formula is C4H11KS. The smallest absolute Gasteiger partial charge is 1.00 e. The van der Waals surface area contributed by atoms with E-state index in [0.29, 0.717) is 0 Å². The van der Waals surface area contributed by atoms with Gasteiger partial charge in [0.1, 0.15) is 0 Å². The predicted octanol–water partition coefficient (Wildman–Crippen LogP) is -1.17. The van der Waals surface area contributed by atoms with Crippen molar-refractivity contribution in [1.29, 1.82) is 0 Å². The van der Waals surface area contributed by atoms with Crippen molar-refractivity contribution in [2.24, 2.45) is 0 Å². The van der Waals surface area contributed by atoms with Crippen molar-refractivity contribution in [3.8, 4) is 0 Å². The van der Waals surface area contributed by atoms with E-state index in [2.05, 4.69) is 19.6 Å². The predicted molar refractivity (Wildman–Crippen MR) is 29.9 cm³/mol. The standard InChI is InChI=1S/C4H10S.K.H/c1-2-3-4-5;;/h5H,2-4H2,1H3;;/q;+1;-1. The Kier molecular flexibility index (Phi) is 18.3. The van der Waals surface area contributed by atoms with Crippen molar-refractivity contribution < 1.29 is 52.8 Å². The zero-order chi connectivity index (χ0) is 4.12. The first-order valence-corrected chi connectivity index (χ1v) is 2.66. The Morgan fingerprint density at radius 3 is 2.17 bits per heavy atom. The molecule has 0 saturated carbocycles. The third-order valence-corrected chi connectivity index (χ3v) is 0.828. The van der Waals surface area contributed by atoms with Gasteiger partial charge in [-0.2, -0.15) is 12.6 Å². The molecule has 0 nitrogen and oxygen atoms in total. The van der Waals surface area contributed by atoms with Gasteiger partial charge in [-0.3, -0.25) is 0 Å². The Hall–Kier alpha value is 1.99. The maximum absolute atomic E-state index is 4.00. The molecule has 0 N–H and O–H groups in total. The molecule has 0 aliphatic heterocycles. The molecule has 0 aromatic heterocycles. The Morgan fingerprint density at radius 2 is 2.17 bits per heavy atom. The van der Waals surface area contributed by atoms with E-state index < -0.39 is 0 Å². The van der Waals surface area contributed by atoms with Crippen molar-refractivity contribution in [2.75, 3.05) is 5.75 Å². The molecule has 2 heteroatoms. The van der Waals surface area contributed by atoms with Crippen molar-refractivity contribution in [3.63, 3.8) is 0 Å². The summed E-state index contributed by atoms with van der Waals surface area (Å²) in [7, 11) is 0. The van der Waals surface area contributed by atoms with Gasteiger partial charge in [0.2, 0.25) is 0 Å². The maximum atomic E-state index is 4.00. The molecule has 0 aliphatic carbocycles. The second kappa shape index (κ2) is 10.1. The summed E-state index contributed by atoms with van der Waals surface area (Å²) in [5.74, 6) is 1.04. The Labute approximate surface area is 89.4 Å². The molecular weight excluding hydrogens is 119 g/mol. The first-order chi connectivity index (χ1) is 2.41. The van der Waals surface area contributed by atoms with Gasteiger partial charge < -0.3 is 1.43 Å². The van der Waals surface area contributed by atoms with E-state index in [1.54, 1.807) is 0 Å². The van der Waals surface area contributed by atoms with E-state index >= 15 is 0 Å². The summed E-state index contributed by atoms with van der Waals surface area (Å²) in [5, 5.41) is 0. The summed E-state index contributed by atoms with van der Waals surface area (Å²) < 4.78 is 0. The molecule has 0 aromatic carbocycles. The first kappa shape index (κ1) is 10.9. The van der Waals surface area contributed by atoms with Crippen molar-refractivity contribution >= 4 is 12.6 Å². The minimum absolute atomic E-state index is 0. The second-order valence-electron chi connectivity index (χ2n) is 1.08. The Morgan fingerprint density at radius 1 is 1.67 bits per heavy atom. The molecule has 0 heterocycles. The Balaban J connectivity index is -0.0000000800. The van der Waals surface area contributed by atoms with E-state index in [1.807, 2.05) is 0 Å². The van der Waals surface area contributed by atoms with Gasteiger partial charge in [-0.15, -0.1) is 0 Å². The molecule has 0 aromatic rings.